The monoisotopic (exact) mass is 315 g/mol. The SMILES string of the molecule is COc1cnc(N2CCN(c3ccc([N+](=O)[O-])cc3)CC2)nc1. The molecule has 1 fully saturated rings. The molecule has 0 atom stereocenters. The molecule has 8 heteroatoms. The zero-order valence-electron chi connectivity index (χ0n) is 12.8. The molecule has 1 aliphatic heterocycles. The van der Waals surface area contributed by atoms with Crippen molar-refractivity contribution >= 4 is 17.3 Å². The Balaban J connectivity index is 1.62. The molecule has 120 valence electrons. The number of hydrogen-bond donors (Lipinski definition) is 0. The summed E-state index contributed by atoms with van der Waals surface area (Å²) in [5, 5.41) is 10.7. The Kier molecular flexibility index (Phi) is 4.22. The zero-order chi connectivity index (χ0) is 16.2. The summed E-state index contributed by atoms with van der Waals surface area (Å²) in [4.78, 5) is 23.2. The second-order valence-electron chi connectivity index (χ2n) is 5.17. The van der Waals surface area contributed by atoms with E-state index in [-0.39, 0.29) is 10.6 Å². The lowest BCUT2D eigenvalue weighted by molar-refractivity contribution is -0.384. The number of nitro benzene ring substituents is 1. The first-order valence-electron chi connectivity index (χ1n) is 7.28. The van der Waals surface area contributed by atoms with Gasteiger partial charge in [0.25, 0.3) is 5.69 Å². The number of piperazine rings is 1. The fourth-order valence-corrected chi connectivity index (χ4v) is 2.53. The van der Waals surface area contributed by atoms with Crippen LogP contribution in [0.25, 0.3) is 0 Å². The van der Waals surface area contributed by atoms with Crippen LogP contribution in [0, 0.1) is 10.1 Å². The summed E-state index contributed by atoms with van der Waals surface area (Å²) < 4.78 is 5.06. The lowest BCUT2D eigenvalue weighted by Gasteiger charge is -2.36. The molecule has 3 rings (SSSR count). The standard InChI is InChI=1S/C15H17N5O3/c1-23-14-10-16-15(17-11-14)19-8-6-18(7-9-19)12-2-4-13(5-3-12)20(21)22/h2-5,10-11H,6-9H2,1H3. The minimum Gasteiger partial charge on any atom is -0.494 e. The van der Waals surface area contributed by atoms with Crippen molar-refractivity contribution in [1.82, 2.24) is 9.97 Å². The third-order valence-corrected chi connectivity index (χ3v) is 3.84. The number of nitro groups is 1. The first kappa shape index (κ1) is 15.0. The van der Waals surface area contributed by atoms with Crippen LogP contribution < -0.4 is 14.5 Å². The van der Waals surface area contributed by atoms with Gasteiger partial charge in [-0.2, -0.15) is 0 Å². The smallest absolute Gasteiger partial charge is 0.269 e. The van der Waals surface area contributed by atoms with Gasteiger partial charge in [-0.3, -0.25) is 10.1 Å². The highest BCUT2D eigenvalue weighted by atomic mass is 16.6. The molecule has 8 nitrogen and oxygen atoms in total. The van der Waals surface area contributed by atoms with Crippen LogP contribution in [-0.2, 0) is 0 Å². The Morgan fingerprint density at radius 3 is 2.13 bits per heavy atom. The molecule has 0 unspecified atom stereocenters. The minimum absolute atomic E-state index is 0.110. The topological polar surface area (TPSA) is 84.6 Å². The lowest BCUT2D eigenvalue weighted by Crippen LogP contribution is -2.47. The first-order chi connectivity index (χ1) is 11.2. The molecule has 2 heterocycles. The van der Waals surface area contributed by atoms with E-state index in [1.54, 1.807) is 31.6 Å². The summed E-state index contributed by atoms with van der Waals surface area (Å²) in [6, 6.07) is 6.65. The molecule has 0 saturated carbocycles. The van der Waals surface area contributed by atoms with E-state index in [1.807, 2.05) is 0 Å². The number of rotatable bonds is 4. The summed E-state index contributed by atoms with van der Waals surface area (Å²) in [5.74, 6) is 1.33. The van der Waals surface area contributed by atoms with E-state index in [2.05, 4.69) is 19.8 Å². The second-order valence-corrected chi connectivity index (χ2v) is 5.17. The molecule has 23 heavy (non-hydrogen) atoms. The molecule has 0 spiro atoms. The molecular weight excluding hydrogens is 298 g/mol. The molecule has 0 bridgehead atoms. The fourth-order valence-electron chi connectivity index (χ4n) is 2.53. The maximum absolute atomic E-state index is 10.7. The van der Waals surface area contributed by atoms with Gasteiger partial charge >= 0.3 is 0 Å². The van der Waals surface area contributed by atoms with Crippen molar-refractivity contribution in [2.75, 3.05) is 43.1 Å². The molecule has 1 aromatic carbocycles. The number of methoxy groups -OCH3 is 1. The van der Waals surface area contributed by atoms with Gasteiger partial charge < -0.3 is 14.5 Å². The number of anilines is 2. The van der Waals surface area contributed by atoms with Crippen molar-refractivity contribution in [3.8, 4) is 5.75 Å². The maximum Gasteiger partial charge on any atom is 0.269 e. The molecule has 1 saturated heterocycles. The van der Waals surface area contributed by atoms with Gasteiger partial charge in [0.05, 0.1) is 24.4 Å². The van der Waals surface area contributed by atoms with Crippen LogP contribution in [0.4, 0.5) is 17.3 Å². The lowest BCUT2D eigenvalue weighted by atomic mass is 10.2. The van der Waals surface area contributed by atoms with Crippen LogP contribution in [0.3, 0.4) is 0 Å². The summed E-state index contributed by atoms with van der Waals surface area (Å²) in [6.45, 7) is 3.22. The number of hydrogen-bond acceptors (Lipinski definition) is 7. The Labute approximate surface area is 133 Å². The average molecular weight is 315 g/mol. The van der Waals surface area contributed by atoms with Crippen LogP contribution in [0.5, 0.6) is 5.75 Å². The third kappa shape index (κ3) is 3.31. The van der Waals surface area contributed by atoms with E-state index in [9.17, 15) is 10.1 Å². The van der Waals surface area contributed by atoms with Crippen molar-refractivity contribution < 1.29 is 9.66 Å². The van der Waals surface area contributed by atoms with Gasteiger partial charge in [-0.25, -0.2) is 9.97 Å². The van der Waals surface area contributed by atoms with Crippen molar-refractivity contribution in [2.24, 2.45) is 0 Å². The molecule has 2 aromatic rings. The Morgan fingerprint density at radius 2 is 1.61 bits per heavy atom. The predicted molar refractivity (Wildman–Crippen MR) is 86.1 cm³/mol. The Morgan fingerprint density at radius 1 is 1.04 bits per heavy atom. The number of aromatic nitrogens is 2. The van der Waals surface area contributed by atoms with Crippen molar-refractivity contribution in [2.45, 2.75) is 0 Å². The van der Waals surface area contributed by atoms with Gasteiger partial charge in [-0.15, -0.1) is 0 Å². The summed E-state index contributed by atoms with van der Waals surface area (Å²) >= 11 is 0. The van der Waals surface area contributed by atoms with Crippen molar-refractivity contribution in [1.29, 1.82) is 0 Å². The molecule has 0 amide bonds. The number of non-ortho nitro benzene ring substituents is 1. The van der Waals surface area contributed by atoms with Gasteiger partial charge in [0.1, 0.15) is 0 Å². The number of nitrogens with zero attached hydrogens (tertiary/aromatic N) is 5. The van der Waals surface area contributed by atoms with Gasteiger partial charge in [0, 0.05) is 44.0 Å². The van der Waals surface area contributed by atoms with Gasteiger partial charge in [0.15, 0.2) is 5.75 Å². The first-order valence-corrected chi connectivity index (χ1v) is 7.28. The van der Waals surface area contributed by atoms with E-state index < -0.39 is 0 Å². The molecule has 0 aliphatic carbocycles. The molecular formula is C15H17N5O3. The highest BCUT2D eigenvalue weighted by molar-refractivity contribution is 5.52. The van der Waals surface area contributed by atoms with Gasteiger partial charge in [0.2, 0.25) is 5.95 Å². The predicted octanol–water partition coefficient (Wildman–Crippen LogP) is 1.72. The maximum atomic E-state index is 10.7. The van der Waals surface area contributed by atoms with E-state index in [0.717, 1.165) is 31.9 Å². The quantitative estimate of drug-likeness (QED) is 0.627. The van der Waals surface area contributed by atoms with E-state index in [1.165, 1.54) is 12.1 Å². The van der Waals surface area contributed by atoms with Crippen molar-refractivity contribution in [3.05, 3.63) is 46.8 Å². The van der Waals surface area contributed by atoms with Crippen LogP contribution in [0.2, 0.25) is 0 Å². The molecule has 1 aromatic heterocycles. The second kappa shape index (κ2) is 6.47. The van der Waals surface area contributed by atoms with E-state index in [4.69, 9.17) is 4.74 Å². The van der Waals surface area contributed by atoms with Crippen LogP contribution >= 0.6 is 0 Å². The van der Waals surface area contributed by atoms with Crippen LogP contribution in [0.1, 0.15) is 0 Å². The highest BCUT2D eigenvalue weighted by Crippen LogP contribution is 2.21. The number of ether oxygens (including phenoxy) is 1. The number of benzene rings is 1. The zero-order valence-corrected chi connectivity index (χ0v) is 12.8. The Bertz CT molecular complexity index is 667. The van der Waals surface area contributed by atoms with Gasteiger partial charge in [-0.1, -0.05) is 0 Å². The molecule has 0 radical (unpaired) electrons. The Hall–Kier alpha value is -2.90. The van der Waals surface area contributed by atoms with E-state index in [0.29, 0.717) is 11.7 Å². The largest absolute Gasteiger partial charge is 0.494 e. The van der Waals surface area contributed by atoms with Gasteiger partial charge in [-0.05, 0) is 12.1 Å². The summed E-state index contributed by atoms with van der Waals surface area (Å²) in [7, 11) is 1.58. The van der Waals surface area contributed by atoms with Crippen LogP contribution in [-0.4, -0.2) is 48.2 Å². The van der Waals surface area contributed by atoms with Crippen molar-refractivity contribution in [3.63, 3.8) is 0 Å². The normalized spacial score (nSPS) is 14.7. The van der Waals surface area contributed by atoms with E-state index >= 15 is 0 Å². The summed E-state index contributed by atoms with van der Waals surface area (Å²) in [6.07, 6.45) is 3.32. The minimum atomic E-state index is -0.386. The third-order valence-electron chi connectivity index (χ3n) is 3.84. The molecule has 0 N–H and O–H groups in total. The summed E-state index contributed by atoms with van der Waals surface area (Å²) in [5.41, 5.74) is 1.10. The molecule has 1 aliphatic rings. The fraction of sp³-hybridized carbons (Fsp3) is 0.333. The highest BCUT2D eigenvalue weighted by Gasteiger charge is 2.19. The average Bonchev–Trinajstić information content (AvgIpc) is 2.62. The van der Waals surface area contributed by atoms with Crippen LogP contribution in [0.15, 0.2) is 36.7 Å².